The summed E-state index contributed by atoms with van der Waals surface area (Å²) in [6.45, 7) is 2.80. The van der Waals surface area contributed by atoms with E-state index < -0.39 is 30.0 Å². The van der Waals surface area contributed by atoms with Gasteiger partial charge in [0.15, 0.2) is 0 Å². The van der Waals surface area contributed by atoms with E-state index in [0.29, 0.717) is 0 Å². The molecule has 5 heteroatoms. The summed E-state index contributed by atoms with van der Waals surface area (Å²) in [5.41, 5.74) is -0.952. The third-order valence-corrected chi connectivity index (χ3v) is 2.40. The SMILES string of the molecule is CC1(C)OC(CO)[C@H](O)[C@@H](O)C1O. The van der Waals surface area contributed by atoms with E-state index in [-0.39, 0.29) is 6.61 Å². The van der Waals surface area contributed by atoms with E-state index in [4.69, 9.17) is 9.84 Å². The van der Waals surface area contributed by atoms with E-state index in [1.54, 1.807) is 13.8 Å². The van der Waals surface area contributed by atoms with E-state index in [1.165, 1.54) is 0 Å². The molecular formula is C8H16O5. The van der Waals surface area contributed by atoms with Gasteiger partial charge in [0.1, 0.15) is 24.4 Å². The van der Waals surface area contributed by atoms with Gasteiger partial charge < -0.3 is 25.2 Å². The summed E-state index contributed by atoms with van der Waals surface area (Å²) in [5.74, 6) is 0. The quantitative estimate of drug-likeness (QED) is 0.395. The van der Waals surface area contributed by atoms with Gasteiger partial charge in [-0.25, -0.2) is 0 Å². The molecule has 5 nitrogen and oxygen atoms in total. The standard InChI is InChI=1S/C8H16O5/c1-8(2)7(12)6(11)5(10)4(3-9)13-8/h4-7,9-12H,3H2,1-2H3/t4?,5-,6+,7?/m0/s1. The lowest BCUT2D eigenvalue weighted by Gasteiger charge is -2.45. The van der Waals surface area contributed by atoms with Gasteiger partial charge in [-0.3, -0.25) is 0 Å². The molecule has 1 rings (SSSR count). The van der Waals surface area contributed by atoms with Crippen molar-refractivity contribution in [3.8, 4) is 0 Å². The van der Waals surface area contributed by atoms with Crippen molar-refractivity contribution in [2.45, 2.75) is 43.9 Å². The second-order valence-corrected chi connectivity index (χ2v) is 3.87. The van der Waals surface area contributed by atoms with Crippen LogP contribution < -0.4 is 0 Å². The highest BCUT2D eigenvalue weighted by Gasteiger charge is 2.47. The summed E-state index contributed by atoms with van der Waals surface area (Å²) < 4.78 is 5.21. The minimum Gasteiger partial charge on any atom is -0.394 e. The van der Waals surface area contributed by atoms with Crippen molar-refractivity contribution in [3.63, 3.8) is 0 Å². The van der Waals surface area contributed by atoms with Crippen molar-refractivity contribution < 1.29 is 25.2 Å². The summed E-state index contributed by atoms with van der Waals surface area (Å²) in [6.07, 6.45) is -4.51. The second kappa shape index (κ2) is 3.51. The Hall–Kier alpha value is -0.200. The van der Waals surface area contributed by atoms with Gasteiger partial charge in [-0.1, -0.05) is 0 Å². The van der Waals surface area contributed by atoms with E-state index in [1.807, 2.05) is 0 Å². The molecule has 1 heterocycles. The monoisotopic (exact) mass is 192 g/mol. The molecular weight excluding hydrogens is 176 g/mol. The zero-order valence-electron chi connectivity index (χ0n) is 7.71. The molecule has 1 fully saturated rings. The van der Waals surface area contributed by atoms with Crippen LogP contribution in [0, 0.1) is 0 Å². The molecule has 13 heavy (non-hydrogen) atoms. The van der Waals surface area contributed by atoms with Gasteiger partial charge in [-0.15, -0.1) is 0 Å². The summed E-state index contributed by atoms with van der Waals surface area (Å²) in [5, 5.41) is 37.0. The van der Waals surface area contributed by atoms with E-state index >= 15 is 0 Å². The Kier molecular flexibility index (Phi) is 2.94. The molecule has 0 aromatic heterocycles. The third kappa shape index (κ3) is 1.84. The lowest BCUT2D eigenvalue weighted by atomic mass is 9.87. The molecule has 0 aromatic rings. The molecule has 0 aliphatic carbocycles. The van der Waals surface area contributed by atoms with Crippen molar-refractivity contribution in [1.29, 1.82) is 0 Å². The Bertz CT molecular complexity index is 179. The Labute approximate surface area is 76.6 Å². The molecule has 0 bridgehead atoms. The average Bonchev–Trinajstić information content (AvgIpc) is 2.08. The maximum atomic E-state index is 9.47. The van der Waals surface area contributed by atoms with E-state index in [2.05, 4.69) is 0 Å². The molecule has 0 radical (unpaired) electrons. The van der Waals surface area contributed by atoms with Crippen LogP contribution in [-0.4, -0.2) is 57.0 Å². The largest absolute Gasteiger partial charge is 0.394 e. The fourth-order valence-corrected chi connectivity index (χ4v) is 1.49. The summed E-state index contributed by atoms with van der Waals surface area (Å²) in [4.78, 5) is 0. The van der Waals surface area contributed by atoms with Crippen molar-refractivity contribution >= 4 is 0 Å². The summed E-state index contributed by atoms with van der Waals surface area (Å²) in [6, 6.07) is 0. The molecule has 0 spiro atoms. The normalized spacial score (nSPS) is 44.8. The van der Waals surface area contributed by atoms with Crippen LogP contribution in [0.1, 0.15) is 13.8 Å². The summed E-state index contributed by atoms with van der Waals surface area (Å²) in [7, 11) is 0. The Morgan fingerprint density at radius 1 is 1.15 bits per heavy atom. The van der Waals surface area contributed by atoms with Gasteiger partial charge in [0.25, 0.3) is 0 Å². The number of hydrogen-bond acceptors (Lipinski definition) is 5. The van der Waals surface area contributed by atoms with Crippen LogP contribution in [0.5, 0.6) is 0 Å². The maximum Gasteiger partial charge on any atom is 0.111 e. The van der Waals surface area contributed by atoms with Crippen molar-refractivity contribution in [2.75, 3.05) is 6.61 Å². The topological polar surface area (TPSA) is 90.2 Å². The Morgan fingerprint density at radius 2 is 1.69 bits per heavy atom. The number of aliphatic hydroxyl groups excluding tert-OH is 4. The smallest absolute Gasteiger partial charge is 0.111 e. The highest BCUT2D eigenvalue weighted by molar-refractivity contribution is 4.96. The van der Waals surface area contributed by atoms with Crippen LogP contribution in [0.15, 0.2) is 0 Å². The number of aliphatic hydroxyl groups is 4. The lowest BCUT2D eigenvalue weighted by Crippen LogP contribution is -2.62. The zero-order valence-corrected chi connectivity index (χ0v) is 7.71. The second-order valence-electron chi connectivity index (χ2n) is 3.87. The molecule has 0 amide bonds. The average molecular weight is 192 g/mol. The van der Waals surface area contributed by atoms with Crippen LogP contribution in [0.4, 0.5) is 0 Å². The van der Waals surface area contributed by atoms with Crippen LogP contribution >= 0.6 is 0 Å². The van der Waals surface area contributed by atoms with Gasteiger partial charge >= 0.3 is 0 Å². The molecule has 4 N–H and O–H groups in total. The first-order valence-electron chi connectivity index (χ1n) is 4.23. The lowest BCUT2D eigenvalue weighted by molar-refractivity contribution is -0.262. The number of ether oxygens (including phenoxy) is 1. The maximum absolute atomic E-state index is 9.47. The Morgan fingerprint density at radius 3 is 2.15 bits per heavy atom. The van der Waals surface area contributed by atoms with Crippen LogP contribution in [0.2, 0.25) is 0 Å². The predicted molar refractivity (Wildman–Crippen MR) is 44.1 cm³/mol. The minimum atomic E-state index is -1.28. The van der Waals surface area contributed by atoms with Gasteiger partial charge in [-0.2, -0.15) is 0 Å². The minimum absolute atomic E-state index is 0.381. The molecule has 0 saturated carbocycles. The molecule has 1 aliphatic rings. The first-order chi connectivity index (χ1) is 5.90. The first kappa shape index (κ1) is 10.9. The molecule has 1 saturated heterocycles. The van der Waals surface area contributed by atoms with Crippen molar-refractivity contribution in [3.05, 3.63) is 0 Å². The van der Waals surface area contributed by atoms with Gasteiger partial charge in [0.05, 0.1) is 12.2 Å². The van der Waals surface area contributed by atoms with Crippen molar-refractivity contribution in [2.24, 2.45) is 0 Å². The van der Waals surface area contributed by atoms with Gasteiger partial charge in [0, 0.05) is 0 Å². The Balaban J connectivity index is 2.79. The number of rotatable bonds is 1. The first-order valence-corrected chi connectivity index (χ1v) is 4.23. The number of hydrogen-bond donors (Lipinski definition) is 4. The highest BCUT2D eigenvalue weighted by Crippen LogP contribution is 2.28. The van der Waals surface area contributed by atoms with Crippen LogP contribution in [0.25, 0.3) is 0 Å². The predicted octanol–water partition coefficient (Wildman–Crippen LogP) is -1.76. The van der Waals surface area contributed by atoms with Crippen LogP contribution in [0.3, 0.4) is 0 Å². The van der Waals surface area contributed by atoms with Crippen molar-refractivity contribution in [1.82, 2.24) is 0 Å². The van der Waals surface area contributed by atoms with Gasteiger partial charge in [-0.05, 0) is 13.8 Å². The zero-order chi connectivity index (χ0) is 10.2. The molecule has 78 valence electrons. The highest BCUT2D eigenvalue weighted by atomic mass is 16.6. The fourth-order valence-electron chi connectivity index (χ4n) is 1.49. The molecule has 0 aromatic carbocycles. The van der Waals surface area contributed by atoms with Crippen LogP contribution in [-0.2, 0) is 4.74 Å². The molecule has 2 unspecified atom stereocenters. The fraction of sp³-hybridized carbons (Fsp3) is 1.00. The summed E-state index contributed by atoms with van der Waals surface area (Å²) >= 11 is 0. The molecule has 4 atom stereocenters. The third-order valence-electron chi connectivity index (χ3n) is 2.40. The van der Waals surface area contributed by atoms with E-state index in [0.717, 1.165) is 0 Å². The van der Waals surface area contributed by atoms with E-state index in [9.17, 15) is 15.3 Å². The molecule has 1 aliphatic heterocycles. The van der Waals surface area contributed by atoms with Gasteiger partial charge in [0.2, 0.25) is 0 Å².